The van der Waals surface area contributed by atoms with Gasteiger partial charge in [0, 0.05) is 75.8 Å². The Morgan fingerprint density at radius 2 is 1.22 bits per heavy atom. The van der Waals surface area contributed by atoms with E-state index >= 15 is 0 Å². The zero-order chi connectivity index (χ0) is 41.0. The highest BCUT2D eigenvalue weighted by molar-refractivity contribution is 6.28. The lowest BCUT2D eigenvalue weighted by atomic mass is 9.88. The second-order valence-electron chi connectivity index (χ2n) is 14.7. The first-order valence-corrected chi connectivity index (χ1v) is 20.2. The molecule has 0 aromatic carbocycles. The Labute approximate surface area is 346 Å². The number of hydrogen-bond donors (Lipinski definition) is 1. The van der Waals surface area contributed by atoms with Crippen molar-refractivity contribution >= 4 is 46.4 Å². The van der Waals surface area contributed by atoms with Gasteiger partial charge < -0.3 is 24.6 Å². The van der Waals surface area contributed by atoms with Gasteiger partial charge in [-0.2, -0.15) is 9.97 Å². The maximum absolute atomic E-state index is 12.9. The van der Waals surface area contributed by atoms with Gasteiger partial charge in [-0.05, 0) is 63.0 Å². The monoisotopic (exact) mass is 816 g/mol. The van der Waals surface area contributed by atoms with E-state index < -0.39 is 0 Å². The van der Waals surface area contributed by atoms with Crippen LogP contribution in [0.5, 0.6) is 0 Å². The van der Waals surface area contributed by atoms with E-state index in [0.717, 1.165) is 78.5 Å². The molecule has 304 valence electrons. The van der Waals surface area contributed by atoms with Crippen LogP contribution < -0.4 is 19.6 Å². The van der Waals surface area contributed by atoms with Crippen LogP contribution in [-0.2, 0) is 9.59 Å². The van der Waals surface area contributed by atoms with Crippen molar-refractivity contribution in [1.82, 2.24) is 59.4 Å². The fourth-order valence-corrected chi connectivity index (χ4v) is 7.88. The summed E-state index contributed by atoms with van der Waals surface area (Å²) < 4.78 is 1.83. The normalized spacial score (nSPS) is 18.8. The molecule has 0 spiro atoms. The van der Waals surface area contributed by atoms with E-state index in [4.69, 9.17) is 16.6 Å². The molecule has 0 saturated heterocycles. The van der Waals surface area contributed by atoms with E-state index in [9.17, 15) is 9.59 Å². The van der Waals surface area contributed by atoms with E-state index in [0.29, 0.717) is 23.9 Å². The summed E-state index contributed by atoms with van der Waals surface area (Å²) in [6, 6.07) is 0.440. The number of likely N-dealkylation sites (N-methyl/N-ethyl adjacent to an activating group) is 2. The van der Waals surface area contributed by atoms with E-state index in [1.54, 1.807) is 79.7 Å². The third kappa shape index (κ3) is 7.67. The number of aromatic amines is 1. The largest absolute Gasteiger partial charge is 0.345 e. The van der Waals surface area contributed by atoms with Gasteiger partial charge >= 0.3 is 0 Å². The Morgan fingerprint density at radius 1 is 0.678 bits per heavy atom. The number of hydrogen-bond acceptors (Lipinski definition) is 14. The highest BCUT2D eigenvalue weighted by atomic mass is 35.5. The molecule has 2 aliphatic heterocycles. The summed E-state index contributed by atoms with van der Waals surface area (Å²) in [6.45, 7) is 4.09. The summed E-state index contributed by atoms with van der Waals surface area (Å²) in [5.74, 6) is 3.83. The van der Waals surface area contributed by atoms with Crippen molar-refractivity contribution in [2.24, 2.45) is 0 Å². The average molecular weight is 817 g/mol. The number of imidazole rings is 2. The van der Waals surface area contributed by atoms with Gasteiger partial charge in [-0.25, -0.2) is 39.9 Å². The molecule has 0 radical (unpaired) electrons. The van der Waals surface area contributed by atoms with Crippen LogP contribution in [0.3, 0.4) is 0 Å². The van der Waals surface area contributed by atoms with Crippen LogP contribution in [0.1, 0.15) is 65.2 Å². The lowest BCUT2D eigenvalue weighted by molar-refractivity contribution is -0.121. The minimum atomic E-state index is -0.190. The number of nitrogens with zero attached hydrogens (tertiary/aromatic N) is 15. The van der Waals surface area contributed by atoms with Gasteiger partial charge in [-0.15, -0.1) is 0 Å². The Hall–Kier alpha value is -6.43. The molecule has 1 N–H and O–H groups in total. The smallest absolute Gasteiger partial charge is 0.249 e. The summed E-state index contributed by atoms with van der Waals surface area (Å²) in [5, 5.41) is 0.237. The molecule has 6 aromatic heterocycles. The van der Waals surface area contributed by atoms with Crippen LogP contribution in [-0.4, -0.2) is 109 Å². The van der Waals surface area contributed by atoms with E-state index in [-0.39, 0.29) is 29.2 Å². The van der Waals surface area contributed by atoms with Crippen molar-refractivity contribution in [2.45, 2.75) is 89.4 Å². The number of aromatic nitrogens is 12. The van der Waals surface area contributed by atoms with Crippen molar-refractivity contribution < 1.29 is 9.59 Å². The molecule has 2 amide bonds. The van der Waals surface area contributed by atoms with Gasteiger partial charge in [0.1, 0.15) is 47.8 Å². The van der Waals surface area contributed by atoms with Gasteiger partial charge in [0.25, 0.3) is 0 Å². The molecule has 18 nitrogen and oxygen atoms in total. The number of H-pyrrole nitrogens is 1. The lowest BCUT2D eigenvalue weighted by Gasteiger charge is -2.47. The average Bonchev–Trinajstić information content (AvgIpc) is 3.96. The molecular weight excluding hydrogens is 772 g/mol. The fraction of sp³-hybridized carbons (Fsp3) is 0.400. The first kappa shape index (κ1) is 39.4. The SMILES string of the molecule is CC[C@@H]1C(=O)N(C)c2cnc(-n3ccnc3-c3cncnc3)nc2N1C1CCC1.CC[C@@H]1C(=O)N(C)c2cnc(Cl)nc2N1C1CCC1.c1ncc(-c2ncc[nH]2)cn1. The van der Waals surface area contributed by atoms with Gasteiger partial charge in [-0.3, -0.25) is 14.2 Å². The molecule has 0 bridgehead atoms. The molecule has 10 rings (SSSR count). The highest BCUT2D eigenvalue weighted by Gasteiger charge is 2.43. The Morgan fingerprint density at radius 3 is 1.73 bits per heavy atom. The molecule has 2 fully saturated rings. The molecule has 6 aromatic rings. The van der Waals surface area contributed by atoms with Crippen molar-refractivity contribution in [3.63, 3.8) is 0 Å². The summed E-state index contributed by atoms with van der Waals surface area (Å²) in [4.78, 5) is 78.3. The van der Waals surface area contributed by atoms with E-state index in [1.165, 1.54) is 25.5 Å². The molecule has 8 heterocycles. The van der Waals surface area contributed by atoms with Crippen molar-refractivity contribution in [1.29, 1.82) is 0 Å². The number of halogens is 1. The summed E-state index contributed by atoms with van der Waals surface area (Å²) in [5.41, 5.74) is 3.19. The summed E-state index contributed by atoms with van der Waals surface area (Å²) >= 11 is 5.93. The fourth-order valence-electron chi connectivity index (χ4n) is 7.75. The third-order valence-corrected chi connectivity index (χ3v) is 11.5. The predicted octanol–water partition coefficient (Wildman–Crippen LogP) is 5.34. The van der Waals surface area contributed by atoms with Crippen LogP contribution in [0.4, 0.5) is 23.0 Å². The van der Waals surface area contributed by atoms with Gasteiger partial charge in [0.05, 0.1) is 23.5 Å². The number of anilines is 4. The number of amides is 2. The molecular formula is C40H45ClN16O2. The van der Waals surface area contributed by atoms with Crippen LogP contribution in [0, 0.1) is 0 Å². The quantitative estimate of drug-likeness (QED) is 0.203. The zero-order valence-electron chi connectivity index (χ0n) is 33.3. The molecule has 2 aliphatic carbocycles. The van der Waals surface area contributed by atoms with Crippen LogP contribution in [0.15, 0.2) is 74.6 Å². The summed E-state index contributed by atoms with van der Waals surface area (Å²) in [6.07, 6.45) is 28.5. The van der Waals surface area contributed by atoms with Gasteiger partial charge in [0.15, 0.2) is 11.6 Å². The Balaban J connectivity index is 0.000000137. The number of fused-ring (bicyclic) bond motifs is 2. The molecule has 2 atom stereocenters. The summed E-state index contributed by atoms with van der Waals surface area (Å²) in [7, 11) is 3.58. The second kappa shape index (κ2) is 17.2. The standard InChI is InChI=1S/C20H22N8O.C13H17ClN4O.C7H6N4/c1-3-15-19(29)26(2)16-11-24-20(25-18(16)28(15)14-5-4-6-14)27-8-7-23-17(27)13-9-21-12-22-10-13;1-3-9-12(19)17(2)10-7-15-13(14)16-11(10)18(9)8-5-4-6-8;1-2-11-7(10-1)6-3-8-5-9-4-6/h7-12,14-15H,3-6H2,1-2H3;7-9H,3-6H2,1-2H3;1-5H,(H,10,11)/t15-;9-;/m11./s1. The Kier molecular flexibility index (Phi) is 11.5. The first-order valence-electron chi connectivity index (χ1n) is 19.8. The molecule has 19 heteroatoms. The second-order valence-corrected chi connectivity index (χ2v) is 15.0. The number of carbonyl (C=O) groups excluding carboxylic acids is 2. The Bertz CT molecular complexity index is 2370. The van der Waals surface area contributed by atoms with Crippen molar-refractivity contribution in [3.8, 4) is 28.7 Å². The van der Waals surface area contributed by atoms with Crippen molar-refractivity contribution in [2.75, 3.05) is 33.7 Å². The predicted molar refractivity (Wildman–Crippen MR) is 222 cm³/mol. The molecule has 59 heavy (non-hydrogen) atoms. The topological polar surface area (TPSA) is 197 Å². The number of rotatable bonds is 7. The first-order chi connectivity index (χ1) is 28.8. The number of carbonyl (C=O) groups is 2. The third-order valence-electron chi connectivity index (χ3n) is 11.3. The lowest BCUT2D eigenvalue weighted by Crippen LogP contribution is -2.57. The van der Waals surface area contributed by atoms with Crippen molar-refractivity contribution in [3.05, 3.63) is 79.9 Å². The minimum absolute atomic E-state index is 0.105. The van der Waals surface area contributed by atoms with Crippen LogP contribution >= 0.6 is 11.6 Å². The van der Waals surface area contributed by atoms with Gasteiger partial charge in [-0.1, -0.05) is 13.8 Å². The zero-order valence-corrected chi connectivity index (χ0v) is 34.1. The van der Waals surface area contributed by atoms with Gasteiger partial charge in [0.2, 0.25) is 23.0 Å². The van der Waals surface area contributed by atoms with E-state index in [2.05, 4.69) is 66.6 Å². The van der Waals surface area contributed by atoms with E-state index in [1.807, 2.05) is 17.7 Å². The minimum Gasteiger partial charge on any atom is -0.345 e. The highest BCUT2D eigenvalue weighted by Crippen LogP contribution is 2.42. The molecule has 0 unspecified atom stereocenters. The molecule has 4 aliphatic rings. The maximum Gasteiger partial charge on any atom is 0.249 e. The molecule has 2 saturated carbocycles. The number of nitrogens with one attached hydrogen (secondary N) is 1. The maximum atomic E-state index is 12.9. The van der Waals surface area contributed by atoms with Crippen LogP contribution in [0.2, 0.25) is 5.28 Å². The van der Waals surface area contributed by atoms with Crippen LogP contribution in [0.25, 0.3) is 28.7 Å².